The van der Waals surface area contributed by atoms with E-state index >= 15 is 0 Å². The van der Waals surface area contributed by atoms with Gasteiger partial charge in [0, 0.05) is 25.7 Å². The molecule has 150 valence electrons. The van der Waals surface area contributed by atoms with Gasteiger partial charge in [0.1, 0.15) is 11.5 Å². The Balaban J connectivity index is 1.43. The van der Waals surface area contributed by atoms with Crippen LogP contribution in [0.1, 0.15) is 29.9 Å². The first-order valence-corrected chi connectivity index (χ1v) is 9.63. The molecule has 1 aromatic heterocycles. The summed E-state index contributed by atoms with van der Waals surface area (Å²) in [4.78, 5) is 26.6. The Hall–Kier alpha value is -2.83. The third-order valence-corrected chi connectivity index (χ3v) is 4.99. The van der Waals surface area contributed by atoms with Gasteiger partial charge in [-0.2, -0.15) is 0 Å². The van der Waals surface area contributed by atoms with Crippen LogP contribution in [-0.4, -0.2) is 48.6 Å². The molecular weight excluding hydrogens is 358 g/mol. The maximum atomic E-state index is 12.5. The third kappa shape index (κ3) is 5.58. The van der Waals surface area contributed by atoms with E-state index in [1.807, 2.05) is 36.1 Å². The molecule has 0 bridgehead atoms. The molecule has 0 aliphatic carbocycles. The van der Waals surface area contributed by atoms with Gasteiger partial charge in [0.2, 0.25) is 11.8 Å². The molecule has 1 atom stereocenters. The molecule has 2 amide bonds. The van der Waals surface area contributed by atoms with Gasteiger partial charge in [-0.25, -0.2) is 0 Å². The fraction of sp³-hybridized carbons (Fsp3) is 0.476. The second-order valence-corrected chi connectivity index (χ2v) is 7.29. The molecule has 1 N–H and O–H groups in total. The zero-order chi connectivity index (χ0) is 19.9. The summed E-state index contributed by atoms with van der Waals surface area (Å²) in [6.07, 6.45) is 2.52. The molecule has 2 heterocycles. The standard InChI is InChI=1S/C21H27N3O4/c1-15-10-19(28-23-15)12-21(26)24-9-3-4-17(14-24)13-22-20(25)11-16-5-7-18(27-2)8-6-16/h5-8,10,17H,3-4,9,11-14H2,1-2H3,(H,22,25)/t17-/m0/s1. The summed E-state index contributed by atoms with van der Waals surface area (Å²) in [6, 6.07) is 9.28. The van der Waals surface area contributed by atoms with Crippen molar-refractivity contribution in [3.05, 3.63) is 47.3 Å². The molecule has 2 aromatic rings. The van der Waals surface area contributed by atoms with Gasteiger partial charge in [0.25, 0.3) is 0 Å². The van der Waals surface area contributed by atoms with E-state index in [0.717, 1.165) is 36.4 Å². The van der Waals surface area contributed by atoms with Crippen LogP contribution in [-0.2, 0) is 22.4 Å². The molecule has 1 fully saturated rings. The van der Waals surface area contributed by atoms with Gasteiger partial charge in [-0.05, 0) is 43.4 Å². The first-order chi connectivity index (χ1) is 13.5. The minimum atomic E-state index is -0.00856. The van der Waals surface area contributed by atoms with Gasteiger partial charge in [0.05, 0.1) is 25.6 Å². The number of aryl methyl sites for hydroxylation is 1. The Morgan fingerprint density at radius 3 is 2.75 bits per heavy atom. The first-order valence-electron chi connectivity index (χ1n) is 9.63. The second-order valence-electron chi connectivity index (χ2n) is 7.29. The SMILES string of the molecule is COc1ccc(CC(=O)NC[C@@H]2CCCN(C(=O)Cc3cc(C)no3)C2)cc1. The van der Waals surface area contributed by atoms with Crippen molar-refractivity contribution in [1.29, 1.82) is 0 Å². The number of ether oxygens (including phenoxy) is 1. The number of nitrogens with zero attached hydrogens (tertiary/aromatic N) is 2. The Labute approximate surface area is 165 Å². The van der Waals surface area contributed by atoms with Gasteiger partial charge in [-0.15, -0.1) is 0 Å². The fourth-order valence-electron chi connectivity index (χ4n) is 3.47. The number of amides is 2. The molecular formula is C21H27N3O4. The van der Waals surface area contributed by atoms with Crippen molar-refractivity contribution in [3.63, 3.8) is 0 Å². The summed E-state index contributed by atoms with van der Waals surface area (Å²) in [5.74, 6) is 1.68. The smallest absolute Gasteiger partial charge is 0.230 e. The highest BCUT2D eigenvalue weighted by Gasteiger charge is 2.24. The highest BCUT2D eigenvalue weighted by atomic mass is 16.5. The maximum absolute atomic E-state index is 12.5. The molecule has 0 spiro atoms. The Bertz CT molecular complexity index is 800. The molecule has 0 saturated carbocycles. The quantitative estimate of drug-likeness (QED) is 0.789. The number of hydrogen-bond donors (Lipinski definition) is 1. The lowest BCUT2D eigenvalue weighted by atomic mass is 9.97. The van der Waals surface area contributed by atoms with Gasteiger partial charge in [-0.3, -0.25) is 9.59 Å². The number of methoxy groups -OCH3 is 1. The monoisotopic (exact) mass is 385 g/mol. The number of benzene rings is 1. The highest BCUT2D eigenvalue weighted by molar-refractivity contribution is 5.79. The topological polar surface area (TPSA) is 84.7 Å². The summed E-state index contributed by atoms with van der Waals surface area (Å²) >= 11 is 0. The molecule has 1 aliphatic rings. The molecule has 1 aromatic carbocycles. The number of hydrogen-bond acceptors (Lipinski definition) is 5. The minimum Gasteiger partial charge on any atom is -0.497 e. The van der Waals surface area contributed by atoms with Crippen molar-refractivity contribution < 1.29 is 18.8 Å². The molecule has 7 nitrogen and oxygen atoms in total. The lowest BCUT2D eigenvalue weighted by molar-refractivity contribution is -0.132. The van der Waals surface area contributed by atoms with E-state index < -0.39 is 0 Å². The maximum Gasteiger partial charge on any atom is 0.230 e. The van der Waals surface area contributed by atoms with Gasteiger partial charge in [0.15, 0.2) is 0 Å². The molecule has 0 unspecified atom stereocenters. The van der Waals surface area contributed by atoms with Gasteiger partial charge >= 0.3 is 0 Å². The predicted molar refractivity (Wildman–Crippen MR) is 104 cm³/mol. The largest absolute Gasteiger partial charge is 0.497 e. The number of aromatic nitrogens is 1. The number of rotatable bonds is 7. The summed E-state index contributed by atoms with van der Waals surface area (Å²) in [6.45, 7) is 3.83. The van der Waals surface area contributed by atoms with E-state index in [4.69, 9.17) is 9.26 Å². The van der Waals surface area contributed by atoms with Gasteiger partial charge < -0.3 is 19.5 Å². The number of piperidine rings is 1. The molecule has 1 aliphatic heterocycles. The first kappa shape index (κ1) is 19.9. The zero-order valence-corrected chi connectivity index (χ0v) is 16.4. The Morgan fingerprint density at radius 1 is 1.29 bits per heavy atom. The Kier molecular flexibility index (Phi) is 6.68. The average Bonchev–Trinajstić information content (AvgIpc) is 3.12. The van der Waals surface area contributed by atoms with E-state index in [1.54, 1.807) is 13.2 Å². The zero-order valence-electron chi connectivity index (χ0n) is 16.4. The lowest BCUT2D eigenvalue weighted by Gasteiger charge is -2.32. The highest BCUT2D eigenvalue weighted by Crippen LogP contribution is 2.17. The van der Waals surface area contributed by atoms with Crippen LogP contribution in [0.2, 0.25) is 0 Å². The number of carbonyl (C=O) groups is 2. The van der Waals surface area contributed by atoms with E-state index in [9.17, 15) is 9.59 Å². The van der Waals surface area contributed by atoms with Crippen molar-refractivity contribution in [2.45, 2.75) is 32.6 Å². The summed E-state index contributed by atoms with van der Waals surface area (Å²) in [5.41, 5.74) is 1.72. The van der Waals surface area contributed by atoms with Crippen molar-refractivity contribution >= 4 is 11.8 Å². The summed E-state index contributed by atoms with van der Waals surface area (Å²) < 4.78 is 10.3. The number of likely N-dealkylation sites (tertiary alicyclic amines) is 1. The summed E-state index contributed by atoms with van der Waals surface area (Å²) in [5, 5.41) is 6.83. The second kappa shape index (κ2) is 9.39. The van der Waals surface area contributed by atoms with Crippen molar-refractivity contribution in [1.82, 2.24) is 15.4 Å². The Morgan fingerprint density at radius 2 is 2.07 bits per heavy atom. The van der Waals surface area contributed by atoms with Crippen LogP contribution >= 0.6 is 0 Å². The van der Waals surface area contributed by atoms with Gasteiger partial charge in [-0.1, -0.05) is 17.3 Å². The van der Waals surface area contributed by atoms with E-state index in [-0.39, 0.29) is 24.2 Å². The normalized spacial score (nSPS) is 16.6. The van der Waals surface area contributed by atoms with Crippen LogP contribution in [0.3, 0.4) is 0 Å². The van der Waals surface area contributed by atoms with Crippen LogP contribution in [0.5, 0.6) is 5.75 Å². The van der Waals surface area contributed by atoms with Crippen LogP contribution in [0, 0.1) is 12.8 Å². The summed E-state index contributed by atoms with van der Waals surface area (Å²) in [7, 11) is 1.62. The van der Waals surface area contributed by atoms with Crippen LogP contribution in [0.15, 0.2) is 34.9 Å². The van der Waals surface area contributed by atoms with Crippen molar-refractivity contribution in [3.8, 4) is 5.75 Å². The minimum absolute atomic E-state index is 0.00856. The van der Waals surface area contributed by atoms with E-state index in [1.165, 1.54) is 0 Å². The van der Waals surface area contributed by atoms with Crippen molar-refractivity contribution in [2.24, 2.45) is 5.92 Å². The molecule has 7 heteroatoms. The molecule has 1 saturated heterocycles. The fourth-order valence-corrected chi connectivity index (χ4v) is 3.47. The van der Waals surface area contributed by atoms with Crippen molar-refractivity contribution in [2.75, 3.05) is 26.7 Å². The van der Waals surface area contributed by atoms with Crippen LogP contribution in [0.25, 0.3) is 0 Å². The van der Waals surface area contributed by atoms with Crippen LogP contribution < -0.4 is 10.1 Å². The number of carbonyl (C=O) groups excluding carboxylic acids is 2. The molecule has 28 heavy (non-hydrogen) atoms. The van der Waals surface area contributed by atoms with E-state index in [2.05, 4.69) is 10.5 Å². The van der Waals surface area contributed by atoms with E-state index in [0.29, 0.717) is 25.3 Å². The average molecular weight is 385 g/mol. The third-order valence-electron chi connectivity index (χ3n) is 4.99. The molecule has 0 radical (unpaired) electrons. The number of nitrogens with one attached hydrogen (secondary N) is 1. The molecule has 3 rings (SSSR count). The predicted octanol–water partition coefficient (Wildman–Crippen LogP) is 2.13. The van der Waals surface area contributed by atoms with Crippen LogP contribution in [0.4, 0.5) is 0 Å². The lowest BCUT2D eigenvalue weighted by Crippen LogP contribution is -2.44.